The molecule has 0 unspecified atom stereocenters. The summed E-state index contributed by atoms with van der Waals surface area (Å²) in [6.07, 6.45) is -0.714. The molecule has 0 aliphatic rings. The van der Waals surface area contributed by atoms with Gasteiger partial charge >= 0.3 is 0 Å². The third kappa shape index (κ3) is 4.81. The number of ketones is 1. The zero-order valence-electron chi connectivity index (χ0n) is 12.6. The highest BCUT2D eigenvalue weighted by Crippen LogP contribution is 2.28. The first-order valence-electron chi connectivity index (χ1n) is 6.90. The summed E-state index contributed by atoms with van der Waals surface area (Å²) in [6.45, 7) is 3.12. The molecule has 0 aliphatic heterocycles. The monoisotopic (exact) mass is 395 g/mol. The van der Waals surface area contributed by atoms with Crippen LogP contribution in [-0.4, -0.2) is 17.8 Å². The fourth-order valence-electron chi connectivity index (χ4n) is 1.87. The van der Waals surface area contributed by atoms with E-state index in [1.54, 1.807) is 49.4 Å². The molecule has 2 rings (SSSR count). The number of anilines is 1. The molecular formula is C17H15BrClNO3. The molecule has 2 aromatic rings. The van der Waals surface area contributed by atoms with Crippen LogP contribution in [0.25, 0.3) is 0 Å². The molecule has 120 valence electrons. The van der Waals surface area contributed by atoms with Crippen molar-refractivity contribution >= 4 is 44.9 Å². The summed E-state index contributed by atoms with van der Waals surface area (Å²) in [5.41, 5.74) is 1.09. The average molecular weight is 397 g/mol. The summed E-state index contributed by atoms with van der Waals surface area (Å²) < 4.78 is 6.30. The lowest BCUT2D eigenvalue weighted by Crippen LogP contribution is -2.30. The molecule has 0 aromatic heterocycles. The van der Waals surface area contributed by atoms with E-state index in [1.165, 1.54) is 6.92 Å². The predicted octanol–water partition coefficient (Wildman–Crippen LogP) is 4.71. The van der Waals surface area contributed by atoms with Crippen molar-refractivity contribution < 1.29 is 14.3 Å². The van der Waals surface area contributed by atoms with Crippen molar-refractivity contribution in [2.75, 3.05) is 5.32 Å². The van der Waals surface area contributed by atoms with E-state index in [1.807, 2.05) is 0 Å². The third-order valence-corrected chi connectivity index (χ3v) is 3.96. The number of hydrogen-bond donors (Lipinski definition) is 1. The van der Waals surface area contributed by atoms with Gasteiger partial charge in [0.15, 0.2) is 11.9 Å². The number of halogens is 2. The van der Waals surface area contributed by atoms with Crippen molar-refractivity contribution in [2.24, 2.45) is 0 Å². The highest BCUT2D eigenvalue weighted by Gasteiger charge is 2.16. The second kappa shape index (κ2) is 7.62. The van der Waals surface area contributed by atoms with Crippen molar-refractivity contribution in [1.82, 2.24) is 0 Å². The standard InChI is InChI=1S/C17H15BrClNO3/c1-10(21)12-4-3-5-14(8-12)20-17(22)11(2)23-16-7-6-13(19)9-15(16)18/h3-9,11H,1-2H3,(H,20,22)/t11-/m0/s1. The van der Waals surface area contributed by atoms with E-state index in [-0.39, 0.29) is 11.7 Å². The summed E-state index contributed by atoms with van der Waals surface area (Å²) in [5, 5.41) is 3.30. The molecule has 2 aromatic carbocycles. The van der Waals surface area contributed by atoms with Crippen LogP contribution in [0, 0.1) is 0 Å². The Hall–Kier alpha value is -1.85. The fourth-order valence-corrected chi connectivity index (χ4v) is 2.65. The lowest BCUT2D eigenvalue weighted by molar-refractivity contribution is -0.122. The Labute approximate surface area is 147 Å². The first kappa shape index (κ1) is 17.5. The van der Waals surface area contributed by atoms with Crippen LogP contribution in [0.5, 0.6) is 5.75 Å². The van der Waals surface area contributed by atoms with Gasteiger partial charge in [-0.25, -0.2) is 0 Å². The van der Waals surface area contributed by atoms with E-state index in [0.29, 0.717) is 26.5 Å². The molecule has 0 fully saturated rings. The van der Waals surface area contributed by atoms with E-state index >= 15 is 0 Å². The van der Waals surface area contributed by atoms with Crippen LogP contribution in [0.2, 0.25) is 5.02 Å². The van der Waals surface area contributed by atoms with Gasteiger partial charge in [-0.2, -0.15) is 0 Å². The fraction of sp³-hybridized carbons (Fsp3) is 0.176. The van der Waals surface area contributed by atoms with Crippen LogP contribution in [-0.2, 0) is 4.79 Å². The molecule has 23 heavy (non-hydrogen) atoms. The van der Waals surface area contributed by atoms with Gasteiger partial charge in [0, 0.05) is 16.3 Å². The molecule has 0 saturated heterocycles. The van der Waals surface area contributed by atoms with Gasteiger partial charge in [0.1, 0.15) is 5.75 Å². The highest BCUT2D eigenvalue weighted by molar-refractivity contribution is 9.10. The number of hydrogen-bond acceptors (Lipinski definition) is 3. The Morgan fingerprint density at radius 3 is 2.61 bits per heavy atom. The first-order chi connectivity index (χ1) is 10.9. The molecule has 1 amide bonds. The van der Waals surface area contributed by atoms with Gasteiger partial charge in [0.2, 0.25) is 0 Å². The van der Waals surface area contributed by atoms with Crippen LogP contribution in [0.3, 0.4) is 0 Å². The number of carbonyl (C=O) groups excluding carboxylic acids is 2. The molecule has 0 radical (unpaired) electrons. The van der Waals surface area contributed by atoms with E-state index in [2.05, 4.69) is 21.2 Å². The van der Waals surface area contributed by atoms with Crippen LogP contribution in [0.4, 0.5) is 5.69 Å². The molecule has 0 bridgehead atoms. The van der Waals surface area contributed by atoms with Crippen molar-refractivity contribution in [1.29, 1.82) is 0 Å². The number of amides is 1. The minimum atomic E-state index is -0.714. The molecule has 1 N–H and O–H groups in total. The SMILES string of the molecule is CC(=O)c1cccc(NC(=O)[C@H](C)Oc2ccc(Cl)cc2Br)c1. The maximum absolute atomic E-state index is 12.2. The van der Waals surface area contributed by atoms with Gasteiger partial charge in [-0.15, -0.1) is 0 Å². The van der Waals surface area contributed by atoms with Crippen molar-refractivity contribution in [3.05, 3.63) is 57.5 Å². The number of nitrogens with one attached hydrogen (secondary N) is 1. The third-order valence-electron chi connectivity index (χ3n) is 3.10. The normalized spacial score (nSPS) is 11.7. The van der Waals surface area contributed by atoms with E-state index in [0.717, 1.165) is 0 Å². The van der Waals surface area contributed by atoms with Crippen LogP contribution in [0.15, 0.2) is 46.9 Å². The molecule has 6 heteroatoms. The van der Waals surface area contributed by atoms with Crippen LogP contribution >= 0.6 is 27.5 Å². The number of rotatable bonds is 5. The predicted molar refractivity (Wildman–Crippen MR) is 94.3 cm³/mol. The molecular weight excluding hydrogens is 382 g/mol. The lowest BCUT2D eigenvalue weighted by Gasteiger charge is -2.16. The largest absolute Gasteiger partial charge is 0.480 e. The molecule has 0 aliphatic carbocycles. The number of Topliss-reactive ketones (excluding diaryl/α,β-unsaturated/α-hetero) is 1. The maximum atomic E-state index is 12.2. The van der Waals surface area contributed by atoms with Crippen LogP contribution < -0.4 is 10.1 Å². The van der Waals surface area contributed by atoms with E-state index in [4.69, 9.17) is 16.3 Å². The lowest BCUT2D eigenvalue weighted by atomic mass is 10.1. The second-order valence-electron chi connectivity index (χ2n) is 4.96. The van der Waals surface area contributed by atoms with Gasteiger partial charge in [0.05, 0.1) is 4.47 Å². The highest BCUT2D eigenvalue weighted by atomic mass is 79.9. The Balaban J connectivity index is 2.05. The van der Waals surface area contributed by atoms with Crippen molar-refractivity contribution in [3.8, 4) is 5.75 Å². The van der Waals surface area contributed by atoms with Gasteiger partial charge in [-0.1, -0.05) is 23.7 Å². The second-order valence-corrected chi connectivity index (χ2v) is 6.25. The van der Waals surface area contributed by atoms with Crippen LogP contribution in [0.1, 0.15) is 24.2 Å². The van der Waals surface area contributed by atoms with Gasteiger partial charge in [0.25, 0.3) is 5.91 Å². The Kier molecular flexibility index (Phi) is 5.80. The Morgan fingerprint density at radius 2 is 1.96 bits per heavy atom. The topological polar surface area (TPSA) is 55.4 Å². The van der Waals surface area contributed by atoms with Gasteiger partial charge < -0.3 is 10.1 Å². The number of carbonyl (C=O) groups is 2. The molecule has 0 spiro atoms. The summed E-state index contributed by atoms with van der Waals surface area (Å²) >= 11 is 9.21. The molecule has 0 saturated carbocycles. The molecule has 1 atom stereocenters. The summed E-state index contributed by atoms with van der Waals surface area (Å²) in [5.74, 6) is 0.151. The maximum Gasteiger partial charge on any atom is 0.265 e. The van der Waals surface area contributed by atoms with Crippen molar-refractivity contribution in [3.63, 3.8) is 0 Å². The molecule has 4 nitrogen and oxygen atoms in total. The summed E-state index contributed by atoms with van der Waals surface area (Å²) in [7, 11) is 0. The zero-order valence-corrected chi connectivity index (χ0v) is 14.9. The number of benzene rings is 2. The van der Waals surface area contributed by atoms with Gasteiger partial charge in [-0.3, -0.25) is 9.59 Å². The number of ether oxygens (including phenoxy) is 1. The van der Waals surface area contributed by atoms with E-state index in [9.17, 15) is 9.59 Å². The van der Waals surface area contributed by atoms with E-state index < -0.39 is 6.10 Å². The molecule has 0 heterocycles. The minimum absolute atomic E-state index is 0.0597. The summed E-state index contributed by atoms with van der Waals surface area (Å²) in [6, 6.07) is 11.8. The average Bonchev–Trinajstić information content (AvgIpc) is 2.50. The Bertz CT molecular complexity index is 748. The summed E-state index contributed by atoms with van der Waals surface area (Å²) in [4.78, 5) is 23.6. The first-order valence-corrected chi connectivity index (χ1v) is 8.07. The quantitative estimate of drug-likeness (QED) is 0.745. The Morgan fingerprint density at radius 1 is 1.22 bits per heavy atom. The zero-order chi connectivity index (χ0) is 17.0. The minimum Gasteiger partial charge on any atom is -0.480 e. The van der Waals surface area contributed by atoms with Crippen molar-refractivity contribution in [2.45, 2.75) is 20.0 Å². The van der Waals surface area contributed by atoms with Gasteiger partial charge in [-0.05, 0) is 60.1 Å². The smallest absolute Gasteiger partial charge is 0.265 e.